The summed E-state index contributed by atoms with van der Waals surface area (Å²) in [6.45, 7) is 0.461. The van der Waals surface area contributed by atoms with Gasteiger partial charge in [0.25, 0.3) is 0 Å². The van der Waals surface area contributed by atoms with E-state index in [0.29, 0.717) is 10.4 Å². The Morgan fingerprint density at radius 1 is 1.28 bits per heavy atom. The smallest absolute Gasteiger partial charge is 0.361 e. The van der Waals surface area contributed by atoms with Gasteiger partial charge in [0.15, 0.2) is 5.69 Å². The number of hydrogen-bond donors (Lipinski definition) is 0. The fourth-order valence-electron chi connectivity index (χ4n) is 1.18. The van der Waals surface area contributed by atoms with Crippen molar-refractivity contribution in [1.82, 2.24) is 9.59 Å². The van der Waals surface area contributed by atoms with Crippen LogP contribution in [0.1, 0.15) is 10.5 Å². The fourth-order valence-corrected chi connectivity index (χ4v) is 2.02. The topological polar surface area (TPSA) is 61.3 Å². The van der Waals surface area contributed by atoms with Gasteiger partial charge in [0.1, 0.15) is 22.7 Å². The van der Waals surface area contributed by atoms with Crippen LogP contribution in [-0.2, 0) is 4.74 Å². The number of para-hydroxylation sites is 1. The number of benzene rings is 1. The number of rotatable bonds is 5. The zero-order valence-corrected chi connectivity index (χ0v) is 11.6. The van der Waals surface area contributed by atoms with E-state index in [4.69, 9.17) is 9.47 Å². The largest absolute Gasteiger partial charge is 0.490 e. The number of ether oxygens (including phenoxy) is 2. The highest BCUT2D eigenvalue weighted by atomic mass is 79.9. The molecule has 2 rings (SSSR count). The molecule has 0 bridgehead atoms. The molecular weight excluding hydrogens is 320 g/mol. The average Bonchev–Trinajstić information content (AvgIpc) is 2.82. The van der Waals surface area contributed by atoms with E-state index in [9.17, 15) is 4.79 Å². The first-order valence-corrected chi connectivity index (χ1v) is 6.67. The maximum atomic E-state index is 11.5. The number of nitrogens with zero attached hydrogens (tertiary/aromatic N) is 2. The average molecular weight is 329 g/mol. The standard InChI is InChI=1S/C11H9BrN2O3S/c12-10-9(13-14-18-10)11(15)17-7-6-16-8-4-2-1-3-5-8/h1-5H,6-7H2. The number of esters is 1. The van der Waals surface area contributed by atoms with Gasteiger partial charge in [-0.05, 0) is 39.6 Å². The normalized spacial score (nSPS) is 10.1. The van der Waals surface area contributed by atoms with Crippen molar-refractivity contribution >= 4 is 33.4 Å². The van der Waals surface area contributed by atoms with Crippen LogP contribution in [0, 0.1) is 0 Å². The maximum absolute atomic E-state index is 11.5. The predicted molar refractivity (Wildman–Crippen MR) is 69.8 cm³/mol. The van der Waals surface area contributed by atoms with Gasteiger partial charge in [-0.25, -0.2) is 4.79 Å². The summed E-state index contributed by atoms with van der Waals surface area (Å²) in [4.78, 5) is 11.5. The lowest BCUT2D eigenvalue weighted by Gasteiger charge is -2.06. The Bertz CT molecular complexity index is 518. The predicted octanol–water partition coefficient (Wildman–Crippen LogP) is 2.54. The summed E-state index contributed by atoms with van der Waals surface area (Å²) in [5.74, 6) is 0.234. The van der Waals surface area contributed by atoms with Gasteiger partial charge in [-0.2, -0.15) is 0 Å². The number of carbonyl (C=O) groups excluding carboxylic acids is 1. The molecule has 0 amide bonds. The maximum Gasteiger partial charge on any atom is 0.361 e. The fraction of sp³-hybridized carbons (Fsp3) is 0.182. The molecular formula is C11H9BrN2O3S. The summed E-state index contributed by atoms with van der Waals surface area (Å²) >= 11 is 4.27. The van der Waals surface area contributed by atoms with Gasteiger partial charge in [-0.15, -0.1) is 5.10 Å². The molecule has 5 nitrogen and oxygen atoms in total. The SMILES string of the molecule is O=C(OCCOc1ccccc1)c1nnsc1Br. The molecule has 0 aliphatic carbocycles. The summed E-state index contributed by atoms with van der Waals surface area (Å²) in [5.41, 5.74) is 0.194. The van der Waals surface area contributed by atoms with Crippen LogP contribution in [0.25, 0.3) is 0 Å². The van der Waals surface area contributed by atoms with E-state index >= 15 is 0 Å². The van der Waals surface area contributed by atoms with Crippen molar-refractivity contribution in [3.05, 3.63) is 39.8 Å². The molecule has 0 saturated heterocycles. The molecule has 0 atom stereocenters. The molecule has 0 aliphatic heterocycles. The highest BCUT2D eigenvalue weighted by Gasteiger charge is 2.15. The van der Waals surface area contributed by atoms with Crippen molar-refractivity contribution in [2.24, 2.45) is 0 Å². The van der Waals surface area contributed by atoms with Crippen LogP contribution in [-0.4, -0.2) is 28.8 Å². The van der Waals surface area contributed by atoms with Crippen LogP contribution in [0.4, 0.5) is 0 Å². The Kier molecular flexibility index (Phi) is 4.66. The number of halogens is 1. The van der Waals surface area contributed by atoms with Gasteiger partial charge in [0.05, 0.1) is 0 Å². The first kappa shape index (κ1) is 13.0. The second kappa shape index (κ2) is 6.46. The summed E-state index contributed by atoms with van der Waals surface area (Å²) in [5, 5.41) is 3.66. The van der Waals surface area contributed by atoms with Crippen LogP contribution >= 0.6 is 27.5 Å². The Hall–Kier alpha value is -1.47. The Balaban J connectivity index is 1.73. The van der Waals surface area contributed by atoms with Crippen molar-refractivity contribution < 1.29 is 14.3 Å². The molecule has 0 N–H and O–H groups in total. The number of hydrogen-bond acceptors (Lipinski definition) is 6. The first-order valence-electron chi connectivity index (χ1n) is 5.10. The van der Waals surface area contributed by atoms with Crippen molar-refractivity contribution in [2.45, 2.75) is 0 Å². The molecule has 0 fully saturated rings. The van der Waals surface area contributed by atoms with Crippen LogP contribution in [0.3, 0.4) is 0 Å². The molecule has 2 aromatic rings. The third-order valence-corrected chi connectivity index (χ3v) is 3.30. The van der Waals surface area contributed by atoms with Gasteiger partial charge in [-0.3, -0.25) is 0 Å². The van der Waals surface area contributed by atoms with Crippen LogP contribution in [0.2, 0.25) is 0 Å². The molecule has 7 heteroatoms. The van der Waals surface area contributed by atoms with E-state index in [-0.39, 0.29) is 12.3 Å². The van der Waals surface area contributed by atoms with E-state index in [2.05, 4.69) is 25.5 Å². The van der Waals surface area contributed by atoms with Gasteiger partial charge in [0, 0.05) is 0 Å². The molecule has 0 saturated carbocycles. The number of aromatic nitrogens is 2. The molecule has 18 heavy (non-hydrogen) atoms. The van der Waals surface area contributed by atoms with Crippen LogP contribution in [0.15, 0.2) is 34.1 Å². The second-order valence-corrected chi connectivity index (χ2v) is 5.26. The van der Waals surface area contributed by atoms with Gasteiger partial charge < -0.3 is 9.47 Å². The molecule has 0 radical (unpaired) electrons. The van der Waals surface area contributed by atoms with Gasteiger partial charge in [0.2, 0.25) is 0 Å². The van der Waals surface area contributed by atoms with E-state index in [1.165, 1.54) is 0 Å². The van der Waals surface area contributed by atoms with Crippen molar-refractivity contribution in [3.8, 4) is 5.75 Å². The lowest BCUT2D eigenvalue weighted by Crippen LogP contribution is -2.13. The molecule has 1 aromatic carbocycles. The molecule has 1 aromatic heterocycles. The molecule has 0 spiro atoms. The second-order valence-electron chi connectivity index (χ2n) is 3.19. The molecule has 0 aliphatic rings. The van der Waals surface area contributed by atoms with E-state index in [1.807, 2.05) is 30.3 Å². The zero-order chi connectivity index (χ0) is 12.8. The van der Waals surface area contributed by atoms with Gasteiger partial charge in [-0.1, -0.05) is 22.7 Å². The Morgan fingerprint density at radius 2 is 2.06 bits per heavy atom. The van der Waals surface area contributed by atoms with Crippen LogP contribution < -0.4 is 4.74 Å². The molecule has 1 heterocycles. The zero-order valence-electron chi connectivity index (χ0n) is 9.21. The quantitative estimate of drug-likeness (QED) is 0.623. The van der Waals surface area contributed by atoms with Crippen molar-refractivity contribution in [3.63, 3.8) is 0 Å². The highest BCUT2D eigenvalue weighted by molar-refractivity contribution is 9.11. The van der Waals surface area contributed by atoms with E-state index in [1.54, 1.807) is 0 Å². The Morgan fingerprint density at radius 3 is 2.72 bits per heavy atom. The summed E-state index contributed by atoms with van der Waals surface area (Å²) < 4.78 is 14.6. The van der Waals surface area contributed by atoms with Crippen molar-refractivity contribution in [1.29, 1.82) is 0 Å². The third-order valence-electron chi connectivity index (χ3n) is 1.97. The van der Waals surface area contributed by atoms with Crippen molar-refractivity contribution in [2.75, 3.05) is 13.2 Å². The minimum Gasteiger partial charge on any atom is -0.490 e. The summed E-state index contributed by atoms with van der Waals surface area (Å²) in [6.07, 6.45) is 0. The summed E-state index contributed by atoms with van der Waals surface area (Å²) in [6, 6.07) is 9.32. The highest BCUT2D eigenvalue weighted by Crippen LogP contribution is 2.18. The van der Waals surface area contributed by atoms with Crippen LogP contribution in [0.5, 0.6) is 5.75 Å². The van der Waals surface area contributed by atoms with E-state index in [0.717, 1.165) is 17.3 Å². The third kappa shape index (κ3) is 3.51. The van der Waals surface area contributed by atoms with Gasteiger partial charge >= 0.3 is 5.97 Å². The minimum atomic E-state index is -0.507. The Labute approximate surface area is 116 Å². The molecule has 94 valence electrons. The monoisotopic (exact) mass is 328 g/mol. The van der Waals surface area contributed by atoms with E-state index < -0.39 is 5.97 Å². The molecule has 0 unspecified atom stereocenters. The first-order chi connectivity index (χ1) is 8.77. The minimum absolute atomic E-state index is 0.164. The lowest BCUT2D eigenvalue weighted by atomic mass is 10.3. The lowest BCUT2D eigenvalue weighted by molar-refractivity contribution is 0.0442. The summed E-state index contributed by atoms with van der Waals surface area (Å²) in [7, 11) is 0. The number of carbonyl (C=O) groups is 1.